The first kappa shape index (κ1) is 14.5. The van der Waals surface area contributed by atoms with Crippen molar-refractivity contribution in [3.05, 3.63) is 51.1 Å². The van der Waals surface area contributed by atoms with Gasteiger partial charge in [0.25, 0.3) is 5.69 Å². The lowest BCUT2D eigenvalue weighted by Crippen LogP contribution is -2.18. The quantitative estimate of drug-likeness (QED) is 0.366. The summed E-state index contributed by atoms with van der Waals surface area (Å²) in [5.41, 5.74) is -0.124. The van der Waals surface area contributed by atoms with Gasteiger partial charge in [-0.3, -0.25) is 10.1 Å². The first-order valence-electron chi connectivity index (χ1n) is 5.86. The van der Waals surface area contributed by atoms with E-state index >= 15 is 0 Å². The summed E-state index contributed by atoms with van der Waals surface area (Å²) in [5, 5.41) is 10.5. The number of non-ortho nitro benzene ring substituents is 1. The topological polar surface area (TPSA) is 55.7 Å². The normalized spacial score (nSPS) is 21.4. The third kappa shape index (κ3) is 2.82. The van der Waals surface area contributed by atoms with Crippen LogP contribution in [-0.2, 0) is 4.74 Å². The molecule has 0 spiro atoms. The van der Waals surface area contributed by atoms with Crippen LogP contribution in [0, 0.1) is 10.1 Å². The molecule has 0 amide bonds. The van der Waals surface area contributed by atoms with Crippen LogP contribution in [0.2, 0.25) is 0 Å². The summed E-state index contributed by atoms with van der Waals surface area (Å²) in [7, 11) is 0. The molecule has 1 heterocycles. The molecule has 1 aromatic rings. The van der Waals surface area contributed by atoms with Crippen molar-refractivity contribution in [2.24, 2.45) is 0 Å². The van der Waals surface area contributed by atoms with Crippen LogP contribution in [0.15, 0.2) is 35.4 Å². The summed E-state index contributed by atoms with van der Waals surface area (Å²) in [6, 6.07) is 5.34. The lowest BCUT2D eigenvalue weighted by Gasteiger charge is -2.11. The van der Waals surface area contributed by atoms with E-state index in [0.717, 1.165) is 0 Å². The van der Waals surface area contributed by atoms with Gasteiger partial charge >= 0.3 is 6.18 Å². The molecule has 0 radical (unpaired) electrons. The number of benzene rings is 1. The maximum atomic E-state index is 12.9. The number of ether oxygens (including phenoxy) is 1. The molecular weight excluding hydrogens is 275 g/mol. The van der Waals surface area contributed by atoms with Crippen LogP contribution in [0.5, 0.6) is 0 Å². The number of epoxide rings is 1. The number of nitrogens with zero attached hydrogens (tertiary/aromatic N) is 1. The van der Waals surface area contributed by atoms with Crippen molar-refractivity contribution in [2.45, 2.75) is 32.2 Å². The number of nitro groups is 1. The van der Waals surface area contributed by atoms with Gasteiger partial charge in [-0.1, -0.05) is 5.57 Å². The van der Waals surface area contributed by atoms with Crippen molar-refractivity contribution in [1.82, 2.24) is 0 Å². The van der Waals surface area contributed by atoms with E-state index in [2.05, 4.69) is 0 Å². The first-order chi connectivity index (χ1) is 9.21. The van der Waals surface area contributed by atoms with Crippen molar-refractivity contribution in [3.8, 4) is 0 Å². The van der Waals surface area contributed by atoms with Crippen LogP contribution in [0.25, 0.3) is 0 Å². The lowest BCUT2D eigenvalue weighted by molar-refractivity contribution is -0.384. The Balaban J connectivity index is 2.19. The molecule has 1 aromatic carbocycles. The Morgan fingerprint density at radius 2 is 1.80 bits per heavy atom. The SMILES string of the molecule is CC(C)=C([C@H]1O[C@@H]1c1ccc([N+](=O)[O-])cc1)C(F)(F)F. The fraction of sp³-hybridized carbons (Fsp3) is 0.385. The Morgan fingerprint density at radius 1 is 1.25 bits per heavy atom. The number of halogens is 3. The Labute approximate surface area is 113 Å². The highest BCUT2D eigenvalue weighted by molar-refractivity contribution is 5.38. The van der Waals surface area contributed by atoms with E-state index in [-0.39, 0.29) is 11.3 Å². The third-order valence-corrected chi connectivity index (χ3v) is 3.05. The van der Waals surface area contributed by atoms with Crippen molar-refractivity contribution >= 4 is 5.69 Å². The lowest BCUT2D eigenvalue weighted by atomic mass is 10.0. The number of hydrogen-bond acceptors (Lipinski definition) is 3. The largest absolute Gasteiger partial charge is 0.415 e. The molecule has 1 fully saturated rings. The molecule has 0 aliphatic carbocycles. The third-order valence-electron chi connectivity index (χ3n) is 3.05. The summed E-state index contributed by atoms with van der Waals surface area (Å²) in [6.07, 6.45) is -6.15. The molecular formula is C13H12F3NO3. The van der Waals surface area contributed by atoms with Gasteiger partial charge in [0.2, 0.25) is 0 Å². The van der Waals surface area contributed by atoms with Crippen LogP contribution >= 0.6 is 0 Å². The van der Waals surface area contributed by atoms with Crippen LogP contribution in [0.1, 0.15) is 25.5 Å². The van der Waals surface area contributed by atoms with Gasteiger partial charge in [0.05, 0.1) is 10.5 Å². The maximum absolute atomic E-state index is 12.9. The second-order valence-electron chi connectivity index (χ2n) is 4.74. The monoisotopic (exact) mass is 287 g/mol. The number of alkyl halides is 3. The predicted octanol–water partition coefficient (Wildman–Crippen LogP) is 3.93. The van der Waals surface area contributed by atoms with Crippen LogP contribution in [0.4, 0.5) is 18.9 Å². The zero-order valence-corrected chi connectivity index (χ0v) is 10.8. The molecule has 0 aromatic heterocycles. The van der Waals surface area contributed by atoms with Crippen molar-refractivity contribution < 1.29 is 22.8 Å². The molecule has 20 heavy (non-hydrogen) atoms. The second-order valence-corrected chi connectivity index (χ2v) is 4.74. The Kier molecular flexibility index (Phi) is 3.56. The molecule has 7 heteroatoms. The van der Waals surface area contributed by atoms with Gasteiger partial charge in [0.15, 0.2) is 0 Å². The van der Waals surface area contributed by atoms with E-state index in [0.29, 0.717) is 5.56 Å². The average Bonchev–Trinajstić information content (AvgIpc) is 3.06. The standard InChI is InChI=1S/C13H12F3NO3/c1-7(2)10(13(14,15)16)12-11(20-12)8-3-5-9(6-4-8)17(18)19/h3-6,11-12H,1-2H3/t11-,12-/m1/s1. The number of rotatable bonds is 3. The van der Waals surface area contributed by atoms with E-state index in [9.17, 15) is 23.3 Å². The highest BCUT2D eigenvalue weighted by atomic mass is 19.4. The number of allylic oxidation sites excluding steroid dienone is 1. The molecule has 1 saturated heterocycles. The van der Waals surface area contributed by atoms with Crippen LogP contribution in [0.3, 0.4) is 0 Å². The number of nitro benzene ring substituents is 1. The zero-order valence-electron chi connectivity index (χ0n) is 10.8. The molecule has 1 aliphatic rings. The molecule has 108 valence electrons. The summed E-state index contributed by atoms with van der Waals surface area (Å²) in [5.74, 6) is 0. The maximum Gasteiger partial charge on any atom is 0.415 e. The minimum atomic E-state index is -4.43. The minimum absolute atomic E-state index is 0.107. The Hall–Kier alpha value is -1.89. The van der Waals surface area contributed by atoms with Crippen molar-refractivity contribution in [2.75, 3.05) is 0 Å². The van der Waals surface area contributed by atoms with Gasteiger partial charge in [0.1, 0.15) is 12.2 Å². The molecule has 0 N–H and O–H groups in total. The van der Waals surface area contributed by atoms with Gasteiger partial charge in [-0.15, -0.1) is 0 Å². The van der Waals surface area contributed by atoms with Crippen molar-refractivity contribution in [1.29, 1.82) is 0 Å². The summed E-state index contributed by atoms with van der Waals surface area (Å²) >= 11 is 0. The number of hydrogen-bond donors (Lipinski definition) is 0. The van der Waals surface area contributed by atoms with Crippen LogP contribution < -0.4 is 0 Å². The summed E-state index contributed by atoms with van der Waals surface area (Å²) in [4.78, 5) is 9.95. The van der Waals surface area contributed by atoms with E-state index in [1.807, 2.05) is 0 Å². The molecule has 0 saturated carbocycles. The Morgan fingerprint density at radius 3 is 2.20 bits per heavy atom. The minimum Gasteiger partial charge on any atom is -0.359 e. The van der Waals surface area contributed by atoms with E-state index < -0.39 is 28.9 Å². The smallest absolute Gasteiger partial charge is 0.359 e. The van der Waals surface area contributed by atoms with E-state index in [4.69, 9.17) is 4.74 Å². The van der Waals surface area contributed by atoms with Crippen LogP contribution in [-0.4, -0.2) is 17.2 Å². The van der Waals surface area contributed by atoms with E-state index in [1.165, 1.54) is 38.1 Å². The summed E-state index contributed by atoms with van der Waals surface area (Å²) < 4.78 is 43.8. The van der Waals surface area contributed by atoms with Gasteiger partial charge in [-0.2, -0.15) is 13.2 Å². The van der Waals surface area contributed by atoms with Gasteiger partial charge in [0, 0.05) is 12.1 Å². The second kappa shape index (κ2) is 4.90. The molecule has 4 nitrogen and oxygen atoms in total. The molecule has 0 unspecified atom stereocenters. The fourth-order valence-electron chi connectivity index (χ4n) is 2.10. The zero-order chi connectivity index (χ0) is 15.1. The molecule has 2 rings (SSSR count). The van der Waals surface area contributed by atoms with Gasteiger partial charge in [-0.05, 0) is 31.5 Å². The highest BCUT2D eigenvalue weighted by Crippen LogP contribution is 2.49. The molecule has 1 aliphatic heterocycles. The van der Waals surface area contributed by atoms with Gasteiger partial charge in [-0.25, -0.2) is 0 Å². The Bertz CT molecular complexity index is 559. The highest BCUT2D eigenvalue weighted by Gasteiger charge is 2.52. The predicted molar refractivity (Wildman–Crippen MR) is 65.1 cm³/mol. The van der Waals surface area contributed by atoms with Crippen molar-refractivity contribution in [3.63, 3.8) is 0 Å². The first-order valence-corrected chi connectivity index (χ1v) is 5.86. The van der Waals surface area contributed by atoms with E-state index in [1.54, 1.807) is 0 Å². The average molecular weight is 287 g/mol. The fourth-order valence-corrected chi connectivity index (χ4v) is 2.10. The summed E-state index contributed by atoms with van der Waals surface area (Å²) in [6.45, 7) is 2.77. The van der Waals surface area contributed by atoms with Gasteiger partial charge < -0.3 is 4.74 Å². The molecule has 0 bridgehead atoms. The molecule has 2 atom stereocenters.